The Morgan fingerprint density at radius 2 is 1.84 bits per heavy atom. The van der Waals surface area contributed by atoms with Gasteiger partial charge in [0.1, 0.15) is 0 Å². The lowest BCUT2D eigenvalue weighted by Gasteiger charge is -2.27. The van der Waals surface area contributed by atoms with Crippen molar-refractivity contribution in [1.29, 1.82) is 0 Å². The fourth-order valence-electron chi connectivity index (χ4n) is 3.02. The Kier molecular flexibility index (Phi) is 4.70. The molecule has 0 bridgehead atoms. The van der Waals surface area contributed by atoms with Gasteiger partial charge in [0, 0.05) is 35.1 Å². The molecule has 2 aromatic carbocycles. The molecule has 0 aliphatic rings. The van der Waals surface area contributed by atoms with Crippen molar-refractivity contribution in [3.8, 4) is 0 Å². The molecule has 0 fully saturated rings. The molecule has 0 aliphatic heterocycles. The van der Waals surface area contributed by atoms with E-state index in [1.54, 1.807) is 11.0 Å². The molecular weight excluding hydrogens is 312 g/mol. The van der Waals surface area contributed by atoms with Crippen molar-refractivity contribution >= 4 is 16.8 Å². The summed E-state index contributed by atoms with van der Waals surface area (Å²) in [6.07, 6.45) is 0. The lowest BCUT2D eigenvalue weighted by atomic mass is 10.1. The summed E-state index contributed by atoms with van der Waals surface area (Å²) in [5.41, 5.74) is 3.21. The molecule has 0 aliphatic carbocycles. The van der Waals surface area contributed by atoms with Gasteiger partial charge in [-0.2, -0.15) is 0 Å². The average molecular weight is 334 g/mol. The zero-order chi connectivity index (χ0) is 18.0. The number of benzene rings is 2. The molecule has 25 heavy (non-hydrogen) atoms. The number of nitrogens with zero attached hydrogens (tertiary/aromatic N) is 1. The first-order valence-electron chi connectivity index (χ1n) is 8.44. The van der Waals surface area contributed by atoms with Gasteiger partial charge in [-0.25, -0.2) is 0 Å². The molecule has 4 nitrogen and oxygen atoms in total. The van der Waals surface area contributed by atoms with Gasteiger partial charge in [0.05, 0.1) is 0 Å². The maximum atomic E-state index is 13.0. The number of aryl methyl sites for hydroxylation is 1. The van der Waals surface area contributed by atoms with Gasteiger partial charge in [0.2, 0.25) is 5.56 Å². The Bertz CT molecular complexity index is 973. The Hall–Kier alpha value is -2.88. The van der Waals surface area contributed by atoms with Gasteiger partial charge in [-0.05, 0) is 44.5 Å². The number of aromatic nitrogens is 1. The molecule has 1 N–H and O–H groups in total. The first kappa shape index (κ1) is 17.0. The summed E-state index contributed by atoms with van der Waals surface area (Å²) < 4.78 is 0. The number of carbonyl (C=O) groups is 1. The van der Waals surface area contributed by atoms with Crippen molar-refractivity contribution in [2.75, 3.05) is 0 Å². The van der Waals surface area contributed by atoms with Crippen molar-refractivity contribution in [3.05, 3.63) is 81.6 Å². The molecule has 0 saturated carbocycles. The Morgan fingerprint density at radius 3 is 2.56 bits per heavy atom. The minimum atomic E-state index is -0.152. The largest absolute Gasteiger partial charge is 0.332 e. The topological polar surface area (TPSA) is 53.2 Å². The summed E-state index contributed by atoms with van der Waals surface area (Å²) in [5.74, 6) is -0.0249. The normalized spacial score (nSPS) is 11.0. The van der Waals surface area contributed by atoms with Crippen LogP contribution in [0.25, 0.3) is 10.9 Å². The lowest BCUT2D eigenvalue weighted by Crippen LogP contribution is -2.36. The van der Waals surface area contributed by atoms with Crippen LogP contribution in [0.15, 0.2) is 59.4 Å². The smallest absolute Gasteiger partial charge is 0.254 e. The molecule has 0 unspecified atom stereocenters. The summed E-state index contributed by atoms with van der Waals surface area (Å²) in [6, 6.07) is 16.9. The molecule has 1 heterocycles. The number of hydrogen-bond acceptors (Lipinski definition) is 2. The van der Waals surface area contributed by atoms with Crippen molar-refractivity contribution in [3.63, 3.8) is 0 Å². The van der Waals surface area contributed by atoms with Crippen molar-refractivity contribution in [2.45, 2.75) is 33.4 Å². The summed E-state index contributed by atoms with van der Waals surface area (Å²) in [7, 11) is 0. The van der Waals surface area contributed by atoms with E-state index in [-0.39, 0.29) is 17.5 Å². The van der Waals surface area contributed by atoms with Crippen molar-refractivity contribution in [2.24, 2.45) is 0 Å². The number of hydrogen-bond donors (Lipinski definition) is 1. The van der Waals surface area contributed by atoms with Crippen LogP contribution in [0, 0.1) is 6.92 Å². The molecule has 0 saturated heterocycles. The monoisotopic (exact) mass is 334 g/mol. The lowest BCUT2D eigenvalue weighted by molar-refractivity contribution is 0.0691. The summed E-state index contributed by atoms with van der Waals surface area (Å²) >= 11 is 0. The summed E-state index contributed by atoms with van der Waals surface area (Å²) in [4.78, 5) is 29.6. The van der Waals surface area contributed by atoms with Crippen LogP contribution in [0.1, 0.15) is 35.3 Å². The molecular formula is C21H22N2O2. The predicted molar refractivity (Wildman–Crippen MR) is 101 cm³/mol. The van der Waals surface area contributed by atoms with Crippen LogP contribution >= 0.6 is 0 Å². The number of pyridine rings is 1. The first-order valence-corrected chi connectivity index (χ1v) is 8.44. The predicted octanol–water partition coefficient (Wildman–Crippen LogP) is 3.89. The first-order chi connectivity index (χ1) is 12.0. The van der Waals surface area contributed by atoms with Gasteiger partial charge in [-0.1, -0.05) is 35.9 Å². The number of carbonyl (C=O) groups excluding carboxylic acids is 1. The minimum Gasteiger partial charge on any atom is -0.332 e. The minimum absolute atomic E-state index is 0.0195. The molecule has 128 valence electrons. The van der Waals surface area contributed by atoms with Crippen molar-refractivity contribution in [1.82, 2.24) is 9.88 Å². The van der Waals surface area contributed by atoms with Crippen LogP contribution in [0.5, 0.6) is 0 Å². The SMILES string of the molecule is Cc1cccc(C(=O)N(Cc2cc(=O)[nH]c3ccccc23)C(C)C)c1. The highest BCUT2D eigenvalue weighted by molar-refractivity contribution is 5.95. The maximum Gasteiger partial charge on any atom is 0.254 e. The van der Waals surface area contributed by atoms with Crippen molar-refractivity contribution < 1.29 is 4.79 Å². The highest BCUT2D eigenvalue weighted by Gasteiger charge is 2.20. The number of aromatic amines is 1. The van der Waals surface area contributed by atoms with Crippen LogP contribution in [-0.2, 0) is 6.54 Å². The van der Waals surface area contributed by atoms with Gasteiger partial charge in [0.15, 0.2) is 0 Å². The van der Waals surface area contributed by atoms with Gasteiger partial charge in [-0.3, -0.25) is 9.59 Å². The van der Waals surface area contributed by atoms with Gasteiger partial charge >= 0.3 is 0 Å². The van der Waals surface area contributed by atoms with E-state index in [0.717, 1.165) is 22.0 Å². The third-order valence-electron chi connectivity index (χ3n) is 4.33. The third kappa shape index (κ3) is 3.63. The van der Waals surface area contributed by atoms with E-state index in [1.165, 1.54) is 0 Å². The third-order valence-corrected chi connectivity index (χ3v) is 4.33. The van der Waals surface area contributed by atoms with E-state index in [1.807, 2.05) is 69.3 Å². The van der Waals surface area contributed by atoms with E-state index in [9.17, 15) is 9.59 Å². The number of amides is 1. The van der Waals surface area contributed by atoms with E-state index in [2.05, 4.69) is 4.98 Å². The van der Waals surface area contributed by atoms with Crippen LogP contribution < -0.4 is 5.56 Å². The second kappa shape index (κ2) is 6.93. The molecule has 0 spiro atoms. The van der Waals surface area contributed by atoms with Gasteiger partial charge in [-0.15, -0.1) is 0 Å². The number of para-hydroxylation sites is 1. The maximum absolute atomic E-state index is 13.0. The van der Waals surface area contributed by atoms with Crippen LogP contribution in [0.4, 0.5) is 0 Å². The number of rotatable bonds is 4. The molecule has 3 aromatic rings. The molecule has 1 amide bonds. The standard InChI is InChI=1S/C21H22N2O2/c1-14(2)23(21(25)16-8-6-7-15(3)11-16)13-17-12-20(24)22-19-10-5-4-9-18(17)19/h4-12,14H,13H2,1-3H3,(H,22,24). The number of fused-ring (bicyclic) bond motifs is 1. The number of H-pyrrole nitrogens is 1. The quantitative estimate of drug-likeness (QED) is 0.787. The molecule has 1 aromatic heterocycles. The fourth-order valence-corrected chi connectivity index (χ4v) is 3.02. The average Bonchev–Trinajstić information content (AvgIpc) is 2.58. The molecule has 0 radical (unpaired) electrons. The molecule has 4 heteroatoms. The van der Waals surface area contributed by atoms with Gasteiger partial charge in [0.25, 0.3) is 5.91 Å². The molecule has 0 atom stereocenters. The zero-order valence-electron chi connectivity index (χ0n) is 14.7. The van der Waals surface area contributed by atoms with Crippen LogP contribution in [0.3, 0.4) is 0 Å². The van der Waals surface area contributed by atoms with E-state index in [4.69, 9.17) is 0 Å². The van der Waals surface area contributed by atoms with E-state index >= 15 is 0 Å². The highest BCUT2D eigenvalue weighted by Crippen LogP contribution is 2.19. The molecule has 3 rings (SSSR count). The zero-order valence-corrected chi connectivity index (χ0v) is 14.7. The Balaban J connectivity index is 2.01. The van der Waals surface area contributed by atoms with E-state index in [0.29, 0.717) is 12.1 Å². The Labute approximate surface area is 147 Å². The number of nitrogens with one attached hydrogen (secondary N) is 1. The highest BCUT2D eigenvalue weighted by atomic mass is 16.2. The second-order valence-electron chi connectivity index (χ2n) is 6.60. The Morgan fingerprint density at radius 1 is 1.08 bits per heavy atom. The summed E-state index contributed by atoms with van der Waals surface area (Å²) in [5, 5.41) is 0.963. The fraction of sp³-hybridized carbons (Fsp3) is 0.238. The van der Waals surface area contributed by atoms with Gasteiger partial charge < -0.3 is 9.88 Å². The van der Waals surface area contributed by atoms with E-state index < -0.39 is 0 Å². The second-order valence-corrected chi connectivity index (χ2v) is 6.60. The van der Waals surface area contributed by atoms with Crippen LogP contribution in [0.2, 0.25) is 0 Å². The van der Waals surface area contributed by atoms with Crippen LogP contribution in [-0.4, -0.2) is 21.8 Å². The summed E-state index contributed by atoms with van der Waals surface area (Å²) in [6.45, 7) is 6.35.